The van der Waals surface area contributed by atoms with Gasteiger partial charge in [-0.2, -0.15) is 0 Å². The summed E-state index contributed by atoms with van der Waals surface area (Å²) in [6.07, 6.45) is 2.90. The monoisotopic (exact) mass is 126 g/mol. The first kappa shape index (κ1) is 7.11. The summed E-state index contributed by atoms with van der Waals surface area (Å²) in [7, 11) is 0. The molecule has 0 amide bonds. The third-order valence-electron chi connectivity index (χ3n) is 3.02. The maximum Gasteiger partial charge on any atom is -0.0298 e. The Morgan fingerprint density at radius 1 is 1.33 bits per heavy atom. The van der Waals surface area contributed by atoms with E-state index in [1.165, 1.54) is 12.8 Å². The van der Waals surface area contributed by atoms with Gasteiger partial charge in [-0.15, -0.1) is 0 Å². The van der Waals surface area contributed by atoms with Crippen LogP contribution in [-0.2, 0) is 0 Å². The van der Waals surface area contributed by atoms with Gasteiger partial charge in [0.05, 0.1) is 0 Å². The lowest BCUT2D eigenvalue weighted by Gasteiger charge is -2.47. The predicted octanol–water partition coefficient (Wildman–Crippen LogP) is 3.08. The van der Waals surface area contributed by atoms with Crippen molar-refractivity contribution in [2.75, 3.05) is 0 Å². The van der Waals surface area contributed by atoms with Crippen LogP contribution in [0.4, 0.5) is 0 Å². The molecule has 1 rings (SSSR count). The second kappa shape index (κ2) is 2.00. The van der Waals surface area contributed by atoms with Gasteiger partial charge in [0.15, 0.2) is 0 Å². The summed E-state index contributed by atoms with van der Waals surface area (Å²) < 4.78 is 0. The van der Waals surface area contributed by atoms with Gasteiger partial charge in [0.25, 0.3) is 0 Å². The van der Waals surface area contributed by atoms with Crippen molar-refractivity contribution < 1.29 is 0 Å². The van der Waals surface area contributed by atoms with Gasteiger partial charge in [0, 0.05) is 0 Å². The molecule has 1 aliphatic rings. The summed E-state index contributed by atoms with van der Waals surface area (Å²) >= 11 is 0. The Bertz CT molecular complexity index is 96.6. The highest BCUT2D eigenvalue weighted by molar-refractivity contribution is 4.89. The zero-order valence-corrected chi connectivity index (χ0v) is 7.07. The van der Waals surface area contributed by atoms with Crippen LogP contribution in [0, 0.1) is 17.3 Å². The molecule has 54 valence electrons. The fraction of sp³-hybridized carbons (Fsp3) is 1.00. The summed E-state index contributed by atoms with van der Waals surface area (Å²) in [4.78, 5) is 0. The molecular weight excluding hydrogens is 108 g/mol. The second-order valence-corrected chi connectivity index (χ2v) is 4.32. The fourth-order valence-electron chi connectivity index (χ4n) is 2.00. The van der Waals surface area contributed by atoms with Crippen molar-refractivity contribution in [1.29, 1.82) is 0 Å². The SMILES string of the molecule is CC1CC(C)(C(C)C)C1. The molecule has 0 unspecified atom stereocenters. The minimum Gasteiger partial charge on any atom is -0.0625 e. The van der Waals surface area contributed by atoms with Crippen molar-refractivity contribution >= 4 is 0 Å². The van der Waals surface area contributed by atoms with Crippen LogP contribution in [0.2, 0.25) is 0 Å². The molecule has 9 heavy (non-hydrogen) atoms. The largest absolute Gasteiger partial charge is 0.0625 e. The molecule has 0 saturated heterocycles. The van der Waals surface area contributed by atoms with Gasteiger partial charge in [-0.1, -0.05) is 27.7 Å². The smallest absolute Gasteiger partial charge is 0.0298 e. The first-order valence-electron chi connectivity index (χ1n) is 4.04. The van der Waals surface area contributed by atoms with E-state index in [0.29, 0.717) is 5.41 Å². The molecule has 0 bridgehead atoms. The Labute approximate surface area is 58.7 Å². The maximum absolute atomic E-state index is 2.41. The van der Waals surface area contributed by atoms with E-state index in [4.69, 9.17) is 0 Å². The molecule has 0 atom stereocenters. The van der Waals surface area contributed by atoms with Crippen LogP contribution in [0.15, 0.2) is 0 Å². The summed E-state index contributed by atoms with van der Waals surface area (Å²) in [5.41, 5.74) is 0.694. The molecule has 0 heteroatoms. The zero-order valence-electron chi connectivity index (χ0n) is 7.07. The van der Waals surface area contributed by atoms with E-state index < -0.39 is 0 Å². The van der Waals surface area contributed by atoms with Gasteiger partial charge in [0.1, 0.15) is 0 Å². The third-order valence-corrected chi connectivity index (χ3v) is 3.02. The highest BCUT2D eigenvalue weighted by Crippen LogP contribution is 2.49. The van der Waals surface area contributed by atoms with Crippen molar-refractivity contribution in [2.24, 2.45) is 17.3 Å². The fourth-order valence-corrected chi connectivity index (χ4v) is 2.00. The highest BCUT2D eigenvalue weighted by Gasteiger charge is 2.39. The Morgan fingerprint density at radius 3 is 1.89 bits per heavy atom. The second-order valence-electron chi connectivity index (χ2n) is 4.32. The lowest BCUT2D eigenvalue weighted by atomic mass is 9.58. The van der Waals surface area contributed by atoms with Gasteiger partial charge in [-0.25, -0.2) is 0 Å². The average Bonchev–Trinajstić information content (AvgIpc) is 1.62. The van der Waals surface area contributed by atoms with E-state index in [2.05, 4.69) is 27.7 Å². The lowest BCUT2D eigenvalue weighted by Crippen LogP contribution is -2.37. The van der Waals surface area contributed by atoms with Crippen molar-refractivity contribution in [3.8, 4) is 0 Å². The number of rotatable bonds is 1. The summed E-state index contributed by atoms with van der Waals surface area (Å²) in [5, 5.41) is 0. The molecule has 0 radical (unpaired) electrons. The molecule has 0 aromatic heterocycles. The molecule has 1 aliphatic carbocycles. The van der Waals surface area contributed by atoms with Crippen molar-refractivity contribution in [2.45, 2.75) is 40.5 Å². The van der Waals surface area contributed by atoms with Crippen molar-refractivity contribution in [3.63, 3.8) is 0 Å². The molecule has 0 nitrogen and oxygen atoms in total. The Balaban J connectivity index is 2.40. The van der Waals surface area contributed by atoms with Gasteiger partial charge in [-0.05, 0) is 30.1 Å². The van der Waals surface area contributed by atoms with E-state index in [9.17, 15) is 0 Å². The van der Waals surface area contributed by atoms with Gasteiger partial charge in [-0.3, -0.25) is 0 Å². The highest BCUT2D eigenvalue weighted by atomic mass is 14.4. The topological polar surface area (TPSA) is 0 Å². The number of hydrogen-bond acceptors (Lipinski definition) is 0. The van der Waals surface area contributed by atoms with Crippen LogP contribution >= 0.6 is 0 Å². The van der Waals surface area contributed by atoms with Crippen LogP contribution in [0.5, 0.6) is 0 Å². The first-order valence-corrected chi connectivity index (χ1v) is 4.04. The molecule has 0 N–H and O–H groups in total. The summed E-state index contributed by atoms with van der Waals surface area (Å²) in [5.74, 6) is 1.88. The predicted molar refractivity (Wildman–Crippen MR) is 41.3 cm³/mol. The normalized spacial score (nSPS) is 43.0. The molecule has 1 fully saturated rings. The van der Waals surface area contributed by atoms with Crippen LogP contribution in [-0.4, -0.2) is 0 Å². The zero-order chi connectivity index (χ0) is 7.07. The van der Waals surface area contributed by atoms with Crippen LogP contribution < -0.4 is 0 Å². The quantitative estimate of drug-likeness (QED) is 0.506. The maximum atomic E-state index is 2.41. The molecule has 0 aliphatic heterocycles. The van der Waals surface area contributed by atoms with Gasteiger partial charge >= 0.3 is 0 Å². The lowest BCUT2D eigenvalue weighted by molar-refractivity contribution is 0.0356. The van der Waals surface area contributed by atoms with E-state index in [1.807, 2.05) is 0 Å². The van der Waals surface area contributed by atoms with Gasteiger partial charge < -0.3 is 0 Å². The Hall–Kier alpha value is 0. The van der Waals surface area contributed by atoms with E-state index >= 15 is 0 Å². The minimum absolute atomic E-state index is 0.694. The molecule has 0 aromatic carbocycles. The summed E-state index contributed by atoms with van der Waals surface area (Å²) in [6.45, 7) is 9.44. The van der Waals surface area contributed by atoms with E-state index in [1.54, 1.807) is 0 Å². The van der Waals surface area contributed by atoms with E-state index in [0.717, 1.165) is 11.8 Å². The minimum atomic E-state index is 0.694. The van der Waals surface area contributed by atoms with Crippen molar-refractivity contribution in [1.82, 2.24) is 0 Å². The standard InChI is InChI=1S/C9H18/c1-7(2)9(4)5-8(3)6-9/h7-8H,5-6H2,1-4H3. The summed E-state index contributed by atoms with van der Waals surface area (Å²) in [6, 6.07) is 0. The Morgan fingerprint density at radius 2 is 1.78 bits per heavy atom. The van der Waals surface area contributed by atoms with Crippen LogP contribution in [0.1, 0.15) is 40.5 Å². The van der Waals surface area contributed by atoms with Gasteiger partial charge in [0.2, 0.25) is 0 Å². The molecule has 1 saturated carbocycles. The average molecular weight is 126 g/mol. The van der Waals surface area contributed by atoms with Crippen molar-refractivity contribution in [3.05, 3.63) is 0 Å². The van der Waals surface area contributed by atoms with Crippen LogP contribution in [0.25, 0.3) is 0 Å². The number of hydrogen-bond donors (Lipinski definition) is 0. The molecular formula is C9H18. The Kier molecular flexibility index (Phi) is 1.58. The van der Waals surface area contributed by atoms with E-state index in [-0.39, 0.29) is 0 Å². The molecule has 0 spiro atoms. The third kappa shape index (κ3) is 1.12. The molecule has 0 aromatic rings. The molecule has 0 heterocycles. The first-order chi connectivity index (χ1) is 4.04. The van der Waals surface area contributed by atoms with Crippen LogP contribution in [0.3, 0.4) is 0 Å².